The van der Waals surface area contributed by atoms with Gasteiger partial charge in [0.05, 0.1) is 13.3 Å². The normalized spacial score (nSPS) is 14.5. The van der Waals surface area contributed by atoms with Crippen molar-refractivity contribution in [3.63, 3.8) is 0 Å². The van der Waals surface area contributed by atoms with Crippen LogP contribution in [0.5, 0.6) is 0 Å². The molecular formula is C13H17N5O2. The van der Waals surface area contributed by atoms with Gasteiger partial charge < -0.3 is 4.74 Å². The molecule has 0 spiro atoms. The second-order valence-electron chi connectivity index (χ2n) is 5.14. The molecule has 1 aliphatic carbocycles. The van der Waals surface area contributed by atoms with Gasteiger partial charge in [0.1, 0.15) is 5.69 Å². The first kappa shape index (κ1) is 12.8. The Hall–Kier alpha value is -2.18. The van der Waals surface area contributed by atoms with Crippen LogP contribution in [0.15, 0.2) is 12.4 Å². The average Bonchev–Trinajstić information content (AvgIpc) is 3.03. The predicted molar refractivity (Wildman–Crippen MR) is 70.9 cm³/mol. The quantitative estimate of drug-likeness (QED) is 0.768. The van der Waals surface area contributed by atoms with Gasteiger partial charge in [-0.15, -0.1) is 5.10 Å². The van der Waals surface area contributed by atoms with Gasteiger partial charge in [0.15, 0.2) is 5.69 Å². The number of esters is 1. The molecule has 2 aromatic heterocycles. The number of methoxy groups -OCH3 is 1. The molecule has 0 radical (unpaired) electrons. The van der Waals surface area contributed by atoms with Gasteiger partial charge >= 0.3 is 5.97 Å². The van der Waals surface area contributed by atoms with Gasteiger partial charge in [-0.05, 0) is 12.3 Å². The highest BCUT2D eigenvalue weighted by Crippen LogP contribution is 2.33. The summed E-state index contributed by atoms with van der Waals surface area (Å²) in [4.78, 5) is 11.8. The molecule has 1 saturated carbocycles. The van der Waals surface area contributed by atoms with Crippen molar-refractivity contribution in [1.82, 2.24) is 24.8 Å². The molecule has 0 unspecified atom stereocenters. The molecule has 0 atom stereocenters. The van der Waals surface area contributed by atoms with Crippen molar-refractivity contribution in [1.29, 1.82) is 0 Å². The van der Waals surface area contributed by atoms with Crippen molar-refractivity contribution >= 4 is 5.97 Å². The molecule has 20 heavy (non-hydrogen) atoms. The van der Waals surface area contributed by atoms with Crippen molar-refractivity contribution in [2.45, 2.75) is 25.8 Å². The fourth-order valence-corrected chi connectivity index (χ4v) is 2.24. The molecule has 7 heteroatoms. The Bertz CT molecular complexity index is 626. The summed E-state index contributed by atoms with van der Waals surface area (Å²) in [5.41, 5.74) is 1.76. The van der Waals surface area contributed by atoms with Crippen LogP contribution < -0.4 is 0 Å². The molecule has 0 aromatic carbocycles. The number of carbonyl (C=O) groups excluding carboxylic acids is 1. The Balaban J connectivity index is 1.96. The number of nitrogens with zero attached hydrogens (tertiary/aromatic N) is 5. The lowest BCUT2D eigenvalue weighted by atomic mass is 10.2. The maximum Gasteiger partial charge on any atom is 0.360 e. The average molecular weight is 275 g/mol. The van der Waals surface area contributed by atoms with Gasteiger partial charge in [-0.2, -0.15) is 5.10 Å². The summed E-state index contributed by atoms with van der Waals surface area (Å²) < 4.78 is 8.24. The first-order valence-electron chi connectivity index (χ1n) is 6.70. The van der Waals surface area contributed by atoms with Crippen molar-refractivity contribution in [3.8, 4) is 11.3 Å². The van der Waals surface area contributed by atoms with Crippen LogP contribution in [0.3, 0.4) is 0 Å². The molecule has 0 N–H and O–H groups in total. The second kappa shape index (κ2) is 5.07. The number of ether oxygens (including phenoxy) is 1. The smallest absolute Gasteiger partial charge is 0.360 e. The van der Waals surface area contributed by atoms with Crippen LogP contribution in [0.2, 0.25) is 0 Å². The third-order valence-electron chi connectivity index (χ3n) is 3.54. The monoisotopic (exact) mass is 275 g/mol. The minimum absolute atomic E-state index is 0.247. The lowest BCUT2D eigenvalue weighted by Gasteiger charge is -2.05. The van der Waals surface area contributed by atoms with Gasteiger partial charge in [0.2, 0.25) is 0 Å². The van der Waals surface area contributed by atoms with E-state index in [2.05, 4.69) is 15.4 Å². The van der Waals surface area contributed by atoms with Gasteiger partial charge in [-0.3, -0.25) is 4.68 Å². The zero-order chi connectivity index (χ0) is 14.1. The Morgan fingerprint density at radius 2 is 2.30 bits per heavy atom. The van der Waals surface area contributed by atoms with Gasteiger partial charge in [-0.25, -0.2) is 9.48 Å². The lowest BCUT2D eigenvalue weighted by molar-refractivity contribution is 0.0595. The Kier molecular flexibility index (Phi) is 3.25. The molecule has 2 heterocycles. The largest absolute Gasteiger partial charge is 0.464 e. The van der Waals surface area contributed by atoms with Crippen LogP contribution in [0.1, 0.15) is 29.8 Å². The third-order valence-corrected chi connectivity index (χ3v) is 3.54. The maximum absolute atomic E-state index is 11.8. The summed E-state index contributed by atoms with van der Waals surface area (Å²) in [6.07, 6.45) is 7.20. The van der Waals surface area contributed by atoms with Crippen LogP contribution in [0.25, 0.3) is 11.3 Å². The topological polar surface area (TPSA) is 74.8 Å². The number of aromatic nitrogens is 5. The SMILES string of the molecule is COC(=O)c1nnn(CCC2CC2)c1-c1cnn(C)c1. The zero-order valence-corrected chi connectivity index (χ0v) is 11.6. The van der Waals surface area contributed by atoms with E-state index >= 15 is 0 Å². The second-order valence-corrected chi connectivity index (χ2v) is 5.14. The van der Waals surface area contributed by atoms with Crippen LogP contribution in [0.4, 0.5) is 0 Å². The van der Waals surface area contributed by atoms with E-state index in [1.807, 2.05) is 13.2 Å². The summed E-state index contributed by atoms with van der Waals surface area (Å²) in [5.74, 6) is 0.323. The zero-order valence-electron chi connectivity index (χ0n) is 11.6. The predicted octanol–water partition coefficient (Wildman–Crippen LogP) is 1.27. The highest BCUT2D eigenvalue weighted by atomic mass is 16.5. The molecule has 2 aromatic rings. The number of aryl methyl sites for hydroxylation is 2. The van der Waals surface area contributed by atoms with E-state index in [9.17, 15) is 4.79 Å². The van der Waals surface area contributed by atoms with Gasteiger partial charge in [0, 0.05) is 25.4 Å². The molecule has 0 amide bonds. The van der Waals surface area contributed by atoms with E-state index in [1.165, 1.54) is 20.0 Å². The van der Waals surface area contributed by atoms with Crippen LogP contribution in [0, 0.1) is 5.92 Å². The molecule has 1 aliphatic rings. The Morgan fingerprint density at radius 1 is 1.50 bits per heavy atom. The van der Waals surface area contributed by atoms with Crippen molar-refractivity contribution in [2.24, 2.45) is 13.0 Å². The summed E-state index contributed by atoms with van der Waals surface area (Å²) in [5, 5.41) is 12.2. The molecule has 7 nitrogen and oxygen atoms in total. The Labute approximate surface area is 116 Å². The molecule has 106 valence electrons. The number of hydrogen-bond donors (Lipinski definition) is 0. The highest BCUT2D eigenvalue weighted by molar-refractivity contribution is 5.93. The number of hydrogen-bond acceptors (Lipinski definition) is 5. The first-order chi connectivity index (χ1) is 9.69. The molecule has 3 rings (SSSR count). The highest BCUT2D eigenvalue weighted by Gasteiger charge is 2.25. The summed E-state index contributed by atoms with van der Waals surface area (Å²) in [7, 11) is 3.18. The van der Waals surface area contributed by atoms with E-state index in [0.717, 1.165) is 24.4 Å². The fraction of sp³-hybridized carbons (Fsp3) is 0.538. The summed E-state index contributed by atoms with van der Waals surface area (Å²) >= 11 is 0. The molecule has 0 saturated heterocycles. The van der Waals surface area contributed by atoms with Gasteiger partial charge in [0.25, 0.3) is 0 Å². The summed E-state index contributed by atoms with van der Waals surface area (Å²) in [6, 6.07) is 0. The van der Waals surface area contributed by atoms with Gasteiger partial charge in [-0.1, -0.05) is 18.1 Å². The number of carbonyl (C=O) groups is 1. The van der Waals surface area contributed by atoms with Crippen LogP contribution in [-0.2, 0) is 18.3 Å². The van der Waals surface area contributed by atoms with E-state index < -0.39 is 5.97 Å². The third kappa shape index (κ3) is 2.43. The van der Waals surface area contributed by atoms with Crippen molar-refractivity contribution < 1.29 is 9.53 Å². The number of rotatable bonds is 5. The molecule has 0 bridgehead atoms. The van der Waals surface area contributed by atoms with Crippen molar-refractivity contribution in [2.75, 3.05) is 7.11 Å². The fourth-order valence-electron chi connectivity index (χ4n) is 2.24. The first-order valence-corrected chi connectivity index (χ1v) is 6.70. The van der Waals surface area contributed by atoms with Crippen LogP contribution in [-0.4, -0.2) is 37.9 Å². The lowest BCUT2D eigenvalue weighted by Crippen LogP contribution is -2.07. The minimum Gasteiger partial charge on any atom is -0.464 e. The van der Waals surface area contributed by atoms with E-state index in [-0.39, 0.29) is 5.69 Å². The minimum atomic E-state index is -0.471. The molecular weight excluding hydrogens is 258 g/mol. The molecule has 0 aliphatic heterocycles. The van der Waals surface area contributed by atoms with E-state index in [4.69, 9.17) is 4.74 Å². The van der Waals surface area contributed by atoms with E-state index in [1.54, 1.807) is 15.6 Å². The van der Waals surface area contributed by atoms with Crippen molar-refractivity contribution in [3.05, 3.63) is 18.1 Å². The van der Waals surface area contributed by atoms with E-state index in [0.29, 0.717) is 5.69 Å². The van der Waals surface area contributed by atoms with Crippen LogP contribution >= 0.6 is 0 Å². The molecule has 1 fully saturated rings. The maximum atomic E-state index is 11.8. The summed E-state index contributed by atoms with van der Waals surface area (Å²) in [6.45, 7) is 0.763. The Morgan fingerprint density at radius 3 is 2.90 bits per heavy atom. The standard InChI is InChI=1S/C13H17N5O2/c1-17-8-10(7-14-17)12-11(13(19)20-2)15-16-18(12)6-5-9-3-4-9/h7-9H,3-6H2,1-2H3.